The summed E-state index contributed by atoms with van der Waals surface area (Å²) in [6.07, 6.45) is 2.67. The average molecular weight is 277 g/mol. The standard InChI is InChI=1S/C15H13F2NO2/c1-9(2)20-12-5-10(7-18-8-12)15(19)13-6-11(16)3-4-14(13)17/h3-9H,1-2H3. The molecule has 2 aromatic rings. The minimum Gasteiger partial charge on any atom is -0.489 e. The summed E-state index contributed by atoms with van der Waals surface area (Å²) in [5, 5.41) is 0. The van der Waals surface area contributed by atoms with E-state index in [4.69, 9.17) is 4.74 Å². The smallest absolute Gasteiger partial charge is 0.197 e. The first-order chi connectivity index (χ1) is 9.47. The Bertz CT molecular complexity index is 642. The van der Waals surface area contributed by atoms with Crippen molar-refractivity contribution >= 4 is 5.78 Å². The molecular formula is C15H13F2NO2. The van der Waals surface area contributed by atoms with E-state index in [2.05, 4.69) is 4.98 Å². The highest BCUT2D eigenvalue weighted by molar-refractivity contribution is 6.09. The molecular weight excluding hydrogens is 264 g/mol. The topological polar surface area (TPSA) is 39.2 Å². The molecule has 0 spiro atoms. The Balaban J connectivity index is 2.35. The summed E-state index contributed by atoms with van der Waals surface area (Å²) >= 11 is 0. The summed E-state index contributed by atoms with van der Waals surface area (Å²) in [5.41, 5.74) is -0.179. The first-order valence-corrected chi connectivity index (χ1v) is 6.09. The number of rotatable bonds is 4. The maximum absolute atomic E-state index is 13.6. The largest absolute Gasteiger partial charge is 0.489 e. The Morgan fingerprint density at radius 2 is 1.95 bits per heavy atom. The van der Waals surface area contributed by atoms with E-state index in [0.717, 1.165) is 18.2 Å². The third-order valence-corrected chi connectivity index (χ3v) is 2.52. The van der Waals surface area contributed by atoms with Crippen molar-refractivity contribution < 1.29 is 18.3 Å². The van der Waals surface area contributed by atoms with Gasteiger partial charge >= 0.3 is 0 Å². The van der Waals surface area contributed by atoms with Crippen LogP contribution in [0.5, 0.6) is 5.75 Å². The highest BCUT2D eigenvalue weighted by atomic mass is 19.1. The minimum atomic E-state index is -0.772. The van der Waals surface area contributed by atoms with E-state index >= 15 is 0 Å². The zero-order valence-electron chi connectivity index (χ0n) is 11.1. The van der Waals surface area contributed by atoms with Gasteiger partial charge in [-0.25, -0.2) is 8.78 Å². The summed E-state index contributed by atoms with van der Waals surface area (Å²) in [4.78, 5) is 16.0. The van der Waals surface area contributed by atoms with Gasteiger partial charge in [-0.05, 0) is 38.1 Å². The molecule has 0 fully saturated rings. The van der Waals surface area contributed by atoms with Crippen molar-refractivity contribution in [3.63, 3.8) is 0 Å². The predicted molar refractivity (Wildman–Crippen MR) is 69.8 cm³/mol. The normalized spacial score (nSPS) is 10.7. The number of ketones is 1. The first-order valence-electron chi connectivity index (χ1n) is 6.09. The molecule has 1 heterocycles. The van der Waals surface area contributed by atoms with Crippen LogP contribution in [0.25, 0.3) is 0 Å². The van der Waals surface area contributed by atoms with Crippen LogP contribution in [0, 0.1) is 11.6 Å². The van der Waals surface area contributed by atoms with Crippen LogP contribution < -0.4 is 4.74 Å². The molecule has 0 aliphatic carbocycles. The molecule has 0 aliphatic rings. The van der Waals surface area contributed by atoms with Gasteiger partial charge in [0, 0.05) is 11.8 Å². The molecule has 0 aliphatic heterocycles. The molecule has 104 valence electrons. The van der Waals surface area contributed by atoms with Crippen molar-refractivity contribution in [2.24, 2.45) is 0 Å². The van der Waals surface area contributed by atoms with Gasteiger partial charge in [0.25, 0.3) is 0 Å². The van der Waals surface area contributed by atoms with Gasteiger partial charge in [0.05, 0.1) is 17.9 Å². The van der Waals surface area contributed by atoms with Gasteiger partial charge in [-0.1, -0.05) is 0 Å². The van der Waals surface area contributed by atoms with Gasteiger partial charge in [0.15, 0.2) is 5.78 Å². The van der Waals surface area contributed by atoms with E-state index in [-0.39, 0.29) is 17.2 Å². The number of pyridine rings is 1. The van der Waals surface area contributed by atoms with Crippen molar-refractivity contribution in [2.45, 2.75) is 20.0 Å². The third kappa shape index (κ3) is 3.17. The van der Waals surface area contributed by atoms with E-state index in [9.17, 15) is 13.6 Å². The zero-order chi connectivity index (χ0) is 14.7. The van der Waals surface area contributed by atoms with Crippen molar-refractivity contribution in [1.82, 2.24) is 4.98 Å². The molecule has 3 nitrogen and oxygen atoms in total. The maximum atomic E-state index is 13.6. The molecule has 0 amide bonds. The summed E-state index contributed by atoms with van der Waals surface area (Å²) < 4.78 is 32.1. The molecule has 0 atom stereocenters. The second kappa shape index (κ2) is 5.77. The molecule has 0 saturated heterocycles. The third-order valence-electron chi connectivity index (χ3n) is 2.52. The number of carbonyl (C=O) groups is 1. The molecule has 2 rings (SSSR count). The number of halogens is 2. The fourth-order valence-electron chi connectivity index (χ4n) is 1.71. The summed E-state index contributed by atoms with van der Waals surface area (Å²) in [6.45, 7) is 3.67. The molecule has 1 aromatic heterocycles. The SMILES string of the molecule is CC(C)Oc1cncc(C(=O)c2cc(F)ccc2F)c1. The monoisotopic (exact) mass is 277 g/mol. The second-order valence-corrected chi connectivity index (χ2v) is 4.53. The van der Waals surface area contributed by atoms with Crippen LogP contribution in [0.4, 0.5) is 8.78 Å². The van der Waals surface area contributed by atoms with Gasteiger partial charge in [-0.3, -0.25) is 9.78 Å². The summed E-state index contributed by atoms with van der Waals surface area (Å²) in [6, 6.07) is 4.21. The van der Waals surface area contributed by atoms with Gasteiger partial charge in [-0.2, -0.15) is 0 Å². The molecule has 0 bridgehead atoms. The number of hydrogen-bond donors (Lipinski definition) is 0. The van der Waals surface area contributed by atoms with E-state index in [0.29, 0.717) is 5.75 Å². The van der Waals surface area contributed by atoms with E-state index in [1.807, 2.05) is 13.8 Å². The number of ether oxygens (including phenoxy) is 1. The van der Waals surface area contributed by atoms with Crippen LogP contribution in [-0.2, 0) is 0 Å². The Morgan fingerprint density at radius 3 is 2.65 bits per heavy atom. The highest BCUT2D eigenvalue weighted by Gasteiger charge is 2.16. The average Bonchev–Trinajstić information content (AvgIpc) is 2.40. The molecule has 5 heteroatoms. The lowest BCUT2D eigenvalue weighted by Gasteiger charge is -2.10. The number of aromatic nitrogens is 1. The van der Waals surface area contributed by atoms with Crippen molar-refractivity contribution in [3.05, 3.63) is 59.4 Å². The summed E-state index contributed by atoms with van der Waals surface area (Å²) in [7, 11) is 0. The number of nitrogens with zero attached hydrogens (tertiary/aromatic N) is 1. The van der Waals surface area contributed by atoms with Gasteiger partial charge in [0.2, 0.25) is 0 Å². The lowest BCUT2D eigenvalue weighted by molar-refractivity contribution is 0.103. The van der Waals surface area contributed by atoms with Crippen LogP contribution in [0.1, 0.15) is 29.8 Å². The lowest BCUT2D eigenvalue weighted by atomic mass is 10.0. The van der Waals surface area contributed by atoms with E-state index in [1.54, 1.807) is 0 Å². The van der Waals surface area contributed by atoms with Crippen LogP contribution in [0.3, 0.4) is 0 Å². The van der Waals surface area contributed by atoms with E-state index < -0.39 is 17.4 Å². The molecule has 20 heavy (non-hydrogen) atoms. The van der Waals surface area contributed by atoms with Gasteiger partial charge < -0.3 is 4.74 Å². The van der Waals surface area contributed by atoms with Gasteiger partial charge in [0.1, 0.15) is 17.4 Å². The maximum Gasteiger partial charge on any atom is 0.197 e. The molecule has 0 N–H and O–H groups in total. The van der Waals surface area contributed by atoms with E-state index in [1.165, 1.54) is 18.5 Å². The Morgan fingerprint density at radius 1 is 1.20 bits per heavy atom. The molecule has 0 radical (unpaired) electrons. The fourth-order valence-corrected chi connectivity index (χ4v) is 1.71. The van der Waals surface area contributed by atoms with Gasteiger partial charge in [-0.15, -0.1) is 0 Å². The fraction of sp³-hybridized carbons (Fsp3) is 0.200. The number of hydrogen-bond acceptors (Lipinski definition) is 3. The number of carbonyl (C=O) groups excluding carboxylic acids is 1. The highest BCUT2D eigenvalue weighted by Crippen LogP contribution is 2.18. The number of benzene rings is 1. The Kier molecular flexibility index (Phi) is 4.08. The van der Waals surface area contributed by atoms with Crippen molar-refractivity contribution in [2.75, 3.05) is 0 Å². The zero-order valence-corrected chi connectivity index (χ0v) is 11.1. The predicted octanol–water partition coefficient (Wildman–Crippen LogP) is 3.38. The molecule has 0 unspecified atom stereocenters. The van der Waals surface area contributed by atoms with Crippen molar-refractivity contribution in [3.8, 4) is 5.75 Å². The Labute approximate surface area is 115 Å². The second-order valence-electron chi connectivity index (χ2n) is 4.53. The first kappa shape index (κ1) is 14.1. The molecule has 0 saturated carbocycles. The minimum absolute atomic E-state index is 0.0759. The van der Waals surface area contributed by atoms with Crippen LogP contribution in [0.2, 0.25) is 0 Å². The summed E-state index contributed by atoms with van der Waals surface area (Å²) in [5.74, 6) is -1.67. The van der Waals surface area contributed by atoms with Crippen molar-refractivity contribution in [1.29, 1.82) is 0 Å². The van der Waals surface area contributed by atoms with Crippen LogP contribution in [0.15, 0.2) is 36.7 Å². The van der Waals surface area contributed by atoms with Crippen LogP contribution >= 0.6 is 0 Å². The van der Waals surface area contributed by atoms with Crippen LogP contribution in [-0.4, -0.2) is 16.9 Å². The quantitative estimate of drug-likeness (QED) is 0.804. The molecule has 1 aromatic carbocycles. The lowest BCUT2D eigenvalue weighted by Crippen LogP contribution is -2.09. The Hall–Kier alpha value is -2.30.